The lowest BCUT2D eigenvalue weighted by atomic mass is 10.1. The number of benzene rings is 2. The maximum Gasteiger partial charge on any atom is 0.341 e. The monoisotopic (exact) mass is 501 g/mol. The fourth-order valence-corrected chi connectivity index (χ4v) is 4.14. The van der Waals surface area contributed by atoms with Crippen LogP contribution in [-0.2, 0) is 16.1 Å². The molecule has 1 fully saturated rings. The van der Waals surface area contributed by atoms with Gasteiger partial charge in [0, 0.05) is 0 Å². The number of nitrogens with zero attached hydrogens (tertiary/aromatic N) is 1. The van der Waals surface area contributed by atoms with Gasteiger partial charge < -0.3 is 14.6 Å². The quantitative estimate of drug-likeness (QED) is 0.510. The number of thioether (sulfide) groups is 1. The molecule has 3 rings (SSSR count). The molecule has 1 N–H and O–H groups in total. The van der Waals surface area contributed by atoms with Crippen LogP contribution in [0.15, 0.2) is 35.2 Å². The van der Waals surface area contributed by atoms with Crippen LogP contribution in [0.2, 0.25) is 15.1 Å². The standard InChI is InChI=1S/C20H14Cl3NO6S/c1-29-15-6-11(5-14(23)18(15)30-9-17(25)26)7-16-19(27)24(20(28)31-16)8-10-2-3-12(21)13(22)4-10/h2-7H,8-9H2,1H3,(H,25,26)/b16-7-. The molecule has 7 nitrogen and oxygen atoms in total. The van der Waals surface area contributed by atoms with E-state index < -0.39 is 23.7 Å². The van der Waals surface area contributed by atoms with Gasteiger partial charge in [-0.25, -0.2) is 4.79 Å². The fourth-order valence-electron chi connectivity index (χ4n) is 2.71. The van der Waals surface area contributed by atoms with Gasteiger partial charge in [0.15, 0.2) is 18.1 Å². The number of hydrogen-bond donors (Lipinski definition) is 1. The Kier molecular flexibility index (Phi) is 7.38. The van der Waals surface area contributed by atoms with Gasteiger partial charge in [-0.3, -0.25) is 14.5 Å². The highest BCUT2D eigenvalue weighted by atomic mass is 35.5. The SMILES string of the molecule is COc1cc(/C=C2\SC(=O)N(Cc3ccc(Cl)c(Cl)c3)C2=O)cc(Cl)c1OCC(=O)O. The molecule has 1 aliphatic heterocycles. The van der Waals surface area contributed by atoms with Crippen LogP contribution >= 0.6 is 46.6 Å². The third-order valence-corrected chi connectivity index (χ3v) is 6.01. The van der Waals surface area contributed by atoms with E-state index in [9.17, 15) is 14.4 Å². The van der Waals surface area contributed by atoms with Crippen molar-refractivity contribution in [2.45, 2.75) is 6.54 Å². The van der Waals surface area contributed by atoms with E-state index in [-0.39, 0.29) is 28.0 Å². The number of rotatable bonds is 7. The van der Waals surface area contributed by atoms with Crippen LogP contribution in [-0.4, -0.2) is 40.8 Å². The molecule has 0 atom stereocenters. The van der Waals surface area contributed by atoms with Gasteiger partial charge >= 0.3 is 5.97 Å². The second-order valence-electron chi connectivity index (χ2n) is 6.23. The number of carbonyl (C=O) groups is 3. The molecule has 1 heterocycles. The lowest BCUT2D eigenvalue weighted by Crippen LogP contribution is -2.27. The van der Waals surface area contributed by atoms with Crippen molar-refractivity contribution >= 4 is 69.8 Å². The number of aliphatic carboxylic acids is 1. The number of methoxy groups -OCH3 is 1. The Hall–Kier alpha value is -2.39. The minimum atomic E-state index is -1.17. The highest BCUT2D eigenvalue weighted by molar-refractivity contribution is 8.18. The molecule has 0 bridgehead atoms. The Morgan fingerprint density at radius 2 is 1.87 bits per heavy atom. The van der Waals surface area contributed by atoms with Crippen LogP contribution in [0.5, 0.6) is 11.5 Å². The van der Waals surface area contributed by atoms with Crippen molar-refractivity contribution in [2.75, 3.05) is 13.7 Å². The van der Waals surface area contributed by atoms with Gasteiger partial charge in [0.1, 0.15) is 0 Å². The first kappa shape index (κ1) is 23.3. The molecular weight excluding hydrogens is 489 g/mol. The number of carbonyl (C=O) groups excluding carboxylic acids is 2. The van der Waals surface area contributed by atoms with Crippen molar-refractivity contribution in [1.29, 1.82) is 0 Å². The summed E-state index contributed by atoms with van der Waals surface area (Å²) in [4.78, 5) is 37.2. The van der Waals surface area contributed by atoms with Crippen molar-refractivity contribution in [2.24, 2.45) is 0 Å². The van der Waals surface area contributed by atoms with Gasteiger partial charge in [0.25, 0.3) is 11.1 Å². The van der Waals surface area contributed by atoms with Gasteiger partial charge in [0.05, 0.1) is 33.6 Å². The van der Waals surface area contributed by atoms with Crippen LogP contribution in [0.1, 0.15) is 11.1 Å². The maximum atomic E-state index is 12.8. The second-order valence-corrected chi connectivity index (χ2v) is 8.45. The van der Waals surface area contributed by atoms with Crippen LogP contribution in [0.4, 0.5) is 4.79 Å². The number of carboxylic acid groups (broad SMARTS) is 1. The van der Waals surface area contributed by atoms with Crippen LogP contribution < -0.4 is 9.47 Å². The third kappa shape index (κ3) is 5.46. The molecule has 1 saturated heterocycles. The number of hydrogen-bond acceptors (Lipinski definition) is 6. The number of imide groups is 1. The van der Waals surface area contributed by atoms with Gasteiger partial charge in [-0.15, -0.1) is 0 Å². The number of ether oxygens (including phenoxy) is 2. The summed E-state index contributed by atoms with van der Waals surface area (Å²) in [6.45, 7) is -0.548. The minimum Gasteiger partial charge on any atom is -0.493 e. The first-order valence-corrected chi connectivity index (χ1v) is 10.6. The highest BCUT2D eigenvalue weighted by Crippen LogP contribution is 2.39. The average Bonchev–Trinajstić information content (AvgIpc) is 2.96. The van der Waals surface area contributed by atoms with Crippen molar-refractivity contribution in [3.63, 3.8) is 0 Å². The van der Waals surface area contributed by atoms with E-state index in [2.05, 4.69) is 0 Å². The zero-order valence-corrected chi connectivity index (χ0v) is 18.9. The largest absolute Gasteiger partial charge is 0.493 e. The molecule has 0 aliphatic carbocycles. The van der Waals surface area contributed by atoms with Crippen molar-refractivity contribution in [3.8, 4) is 11.5 Å². The highest BCUT2D eigenvalue weighted by Gasteiger charge is 2.35. The van der Waals surface area contributed by atoms with E-state index in [1.54, 1.807) is 18.2 Å². The van der Waals surface area contributed by atoms with E-state index >= 15 is 0 Å². The molecular formula is C20H14Cl3NO6S. The predicted octanol–water partition coefficient (Wildman–Crippen LogP) is 5.36. The number of amides is 2. The Morgan fingerprint density at radius 1 is 1.13 bits per heavy atom. The van der Waals surface area contributed by atoms with Crippen molar-refractivity contribution in [3.05, 3.63) is 61.4 Å². The van der Waals surface area contributed by atoms with Gasteiger partial charge in [-0.2, -0.15) is 0 Å². The van der Waals surface area contributed by atoms with E-state index in [0.29, 0.717) is 21.2 Å². The third-order valence-electron chi connectivity index (χ3n) is 4.09. The lowest BCUT2D eigenvalue weighted by Gasteiger charge is -2.13. The first-order valence-electron chi connectivity index (χ1n) is 8.61. The summed E-state index contributed by atoms with van der Waals surface area (Å²) >= 11 is 18.9. The molecule has 11 heteroatoms. The molecule has 0 saturated carbocycles. The van der Waals surface area contributed by atoms with E-state index in [1.807, 2.05) is 0 Å². The molecule has 2 amide bonds. The maximum absolute atomic E-state index is 12.8. The molecule has 0 radical (unpaired) electrons. The smallest absolute Gasteiger partial charge is 0.341 e. The molecule has 2 aromatic rings. The van der Waals surface area contributed by atoms with Crippen molar-refractivity contribution in [1.82, 2.24) is 4.90 Å². The number of carboxylic acids is 1. The Bertz CT molecular complexity index is 1100. The van der Waals surface area contributed by atoms with Gasteiger partial charge in [-0.05, 0) is 53.2 Å². The summed E-state index contributed by atoms with van der Waals surface area (Å²) in [5.41, 5.74) is 1.13. The van der Waals surface area contributed by atoms with Crippen LogP contribution in [0.25, 0.3) is 6.08 Å². The molecule has 162 valence electrons. The summed E-state index contributed by atoms with van der Waals surface area (Å²) in [6.07, 6.45) is 1.50. The zero-order valence-electron chi connectivity index (χ0n) is 15.9. The summed E-state index contributed by atoms with van der Waals surface area (Å²) < 4.78 is 10.4. The van der Waals surface area contributed by atoms with Crippen LogP contribution in [0, 0.1) is 0 Å². The van der Waals surface area contributed by atoms with Gasteiger partial charge in [0.2, 0.25) is 0 Å². The Balaban J connectivity index is 1.84. The van der Waals surface area contributed by atoms with E-state index in [4.69, 9.17) is 49.4 Å². The number of halogens is 3. The average molecular weight is 503 g/mol. The van der Waals surface area contributed by atoms with E-state index in [1.165, 1.54) is 25.3 Å². The Labute approximate surface area is 196 Å². The molecule has 2 aromatic carbocycles. The normalized spacial score (nSPS) is 15.0. The molecule has 1 aliphatic rings. The Morgan fingerprint density at radius 3 is 2.52 bits per heavy atom. The topological polar surface area (TPSA) is 93.1 Å². The fraction of sp³-hybridized carbons (Fsp3) is 0.150. The summed E-state index contributed by atoms with van der Waals surface area (Å²) in [5, 5.41) is 9.15. The predicted molar refractivity (Wildman–Crippen MR) is 119 cm³/mol. The lowest BCUT2D eigenvalue weighted by molar-refractivity contribution is -0.139. The molecule has 0 unspecified atom stereocenters. The van der Waals surface area contributed by atoms with Crippen LogP contribution in [0.3, 0.4) is 0 Å². The summed E-state index contributed by atoms with van der Waals surface area (Å²) in [7, 11) is 1.37. The molecule has 31 heavy (non-hydrogen) atoms. The molecule has 0 spiro atoms. The first-order chi connectivity index (χ1) is 14.7. The van der Waals surface area contributed by atoms with Crippen molar-refractivity contribution < 1.29 is 29.0 Å². The second kappa shape index (κ2) is 9.82. The van der Waals surface area contributed by atoms with Gasteiger partial charge in [-0.1, -0.05) is 40.9 Å². The molecule has 0 aromatic heterocycles. The van der Waals surface area contributed by atoms with E-state index in [0.717, 1.165) is 16.7 Å². The zero-order chi connectivity index (χ0) is 22.7. The summed E-state index contributed by atoms with van der Waals surface area (Å²) in [6, 6.07) is 7.87. The minimum absolute atomic E-state index is 0.0466. The summed E-state index contributed by atoms with van der Waals surface area (Å²) in [5.74, 6) is -1.38.